The Labute approximate surface area is 142 Å². The van der Waals surface area contributed by atoms with E-state index in [1.807, 2.05) is 42.5 Å². The Morgan fingerprint density at radius 1 is 1.25 bits per heavy atom. The zero-order chi connectivity index (χ0) is 16.9. The number of para-hydroxylation sites is 1. The van der Waals surface area contributed by atoms with E-state index in [9.17, 15) is 4.79 Å². The molecule has 1 aliphatic heterocycles. The number of hydrogen-bond donors (Lipinski definition) is 1. The van der Waals surface area contributed by atoms with Gasteiger partial charge in [0.2, 0.25) is 0 Å². The van der Waals surface area contributed by atoms with E-state index >= 15 is 0 Å². The molecule has 1 N–H and O–H groups in total. The predicted octanol–water partition coefficient (Wildman–Crippen LogP) is 3.98. The first-order valence-corrected chi connectivity index (χ1v) is 8.39. The van der Waals surface area contributed by atoms with Crippen molar-refractivity contribution in [1.29, 1.82) is 0 Å². The van der Waals surface area contributed by atoms with Crippen LogP contribution in [-0.2, 0) is 0 Å². The lowest BCUT2D eigenvalue weighted by molar-refractivity contribution is 0.0924. The molecule has 24 heavy (non-hydrogen) atoms. The van der Waals surface area contributed by atoms with Gasteiger partial charge in [-0.25, -0.2) is 0 Å². The number of nitrogens with one attached hydrogen (secondary N) is 1. The van der Waals surface area contributed by atoms with Crippen molar-refractivity contribution in [2.75, 3.05) is 13.2 Å². The van der Waals surface area contributed by atoms with Gasteiger partial charge >= 0.3 is 0 Å². The maximum Gasteiger partial charge on any atom is 0.251 e. The number of amides is 1. The largest absolute Gasteiger partial charge is 0.493 e. The second-order valence-electron chi connectivity index (χ2n) is 6.43. The van der Waals surface area contributed by atoms with Gasteiger partial charge < -0.3 is 14.8 Å². The normalized spacial score (nSPS) is 16.2. The number of hydrogen-bond acceptors (Lipinski definition) is 3. The quantitative estimate of drug-likeness (QED) is 0.904. The van der Waals surface area contributed by atoms with Crippen LogP contribution in [-0.4, -0.2) is 19.1 Å². The van der Waals surface area contributed by atoms with E-state index in [0.717, 1.165) is 23.5 Å². The number of rotatable bonds is 5. The lowest BCUT2D eigenvalue weighted by atomic mass is 10.00. The Morgan fingerprint density at radius 3 is 2.92 bits per heavy atom. The number of benzene rings is 2. The highest BCUT2D eigenvalue weighted by Crippen LogP contribution is 2.31. The smallest absolute Gasteiger partial charge is 0.251 e. The fraction of sp³-hybridized carbons (Fsp3) is 0.350. The third-order valence-corrected chi connectivity index (χ3v) is 3.94. The van der Waals surface area contributed by atoms with Crippen LogP contribution in [0.3, 0.4) is 0 Å². The van der Waals surface area contributed by atoms with E-state index in [4.69, 9.17) is 9.47 Å². The van der Waals surface area contributed by atoms with Crippen molar-refractivity contribution in [2.45, 2.75) is 26.3 Å². The average molecular weight is 325 g/mol. The summed E-state index contributed by atoms with van der Waals surface area (Å²) >= 11 is 0. The number of carbonyl (C=O) groups is 1. The highest BCUT2D eigenvalue weighted by Gasteiger charge is 2.23. The van der Waals surface area contributed by atoms with Gasteiger partial charge in [-0.2, -0.15) is 0 Å². The topological polar surface area (TPSA) is 47.6 Å². The lowest BCUT2D eigenvalue weighted by Gasteiger charge is -2.26. The molecule has 0 aromatic heterocycles. The molecule has 2 aromatic carbocycles. The zero-order valence-electron chi connectivity index (χ0n) is 14.1. The fourth-order valence-corrected chi connectivity index (χ4v) is 2.72. The standard InChI is InChI=1S/C20H23NO3/c1-14(2)13-24-16-7-5-6-15(12-16)20(22)21-18-10-11-23-19-9-4-3-8-17(18)19/h3-9,12,14,18H,10-11,13H2,1-2H3,(H,21,22)/t18-/m1/s1. The molecule has 4 heteroatoms. The second-order valence-corrected chi connectivity index (χ2v) is 6.43. The first-order chi connectivity index (χ1) is 11.6. The SMILES string of the molecule is CC(C)COc1cccc(C(=O)N[C@@H]2CCOc3ccccc32)c1. The van der Waals surface area contributed by atoms with E-state index in [1.165, 1.54) is 0 Å². The van der Waals surface area contributed by atoms with Gasteiger partial charge in [-0.15, -0.1) is 0 Å². The van der Waals surface area contributed by atoms with Crippen LogP contribution in [0.2, 0.25) is 0 Å². The van der Waals surface area contributed by atoms with Crippen LogP contribution < -0.4 is 14.8 Å². The molecule has 126 valence electrons. The monoisotopic (exact) mass is 325 g/mol. The molecule has 0 spiro atoms. The maximum absolute atomic E-state index is 12.6. The van der Waals surface area contributed by atoms with Gasteiger partial charge in [0.15, 0.2) is 0 Å². The van der Waals surface area contributed by atoms with Crippen LogP contribution in [0.5, 0.6) is 11.5 Å². The summed E-state index contributed by atoms with van der Waals surface area (Å²) in [5.41, 5.74) is 1.64. The van der Waals surface area contributed by atoms with Crippen molar-refractivity contribution in [3.05, 3.63) is 59.7 Å². The minimum atomic E-state index is -0.0910. The summed E-state index contributed by atoms with van der Waals surface area (Å²) in [5.74, 6) is 1.93. The van der Waals surface area contributed by atoms with Crippen LogP contribution >= 0.6 is 0 Å². The molecule has 2 aromatic rings. The molecule has 1 atom stereocenters. The van der Waals surface area contributed by atoms with Gasteiger partial charge in [0.25, 0.3) is 5.91 Å². The van der Waals surface area contributed by atoms with E-state index in [2.05, 4.69) is 19.2 Å². The molecule has 0 saturated heterocycles. The molecule has 0 fully saturated rings. The number of fused-ring (bicyclic) bond motifs is 1. The molecule has 1 amide bonds. The predicted molar refractivity (Wildman–Crippen MR) is 93.5 cm³/mol. The van der Waals surface area contributed by atoms with Crippen molar-refractivity contribution >= 4 is 5.91 Å². The summed E-state index contributed by atoms with van der Waals surface area (Å²) in [6, 6.07) is 15.2. The summed E-state index contributed by atoms with van der Waals surface area (Å²) in [4.78, 5) is 12.6. The summed E-state index contributed by atoms with van der Waals surface area (Å²) in [6.07, 6.45) is 0.770. The molecular weight excluding hydrogens is 302 g/mol. The van der Waals surface area contributed by atoms with E-state index in [1.54, 1.807) is 6.07 Å². The molecule has 1 aliphatic rings. The molecule has 1 heterocycles. The molecule has 0 aliphatic carbocycles. The van der Waals surface area contributed by atoms with Gasteiger partial charge in [-0.1, -0.05) is 38.1 Å². The Morgan fingerprint density at radius 2 is 2.08 bits per heavy atom. The lowest BCUT2D eigenvalue weighted by Crippen LogP contribution is -2.32. The van der Waals surface area contributed by atoms with Gasteiger partial charge in [-0.05, 0) is 30.2 Å². The summed E-state index contributed by atoms with van der Waals surface area (Å²) in [7, 11) is 0. The molecule has 4 nitrogen and oxygen atoms in total. The average Bonchev–Trinajstić information content (AvgIpc) is 2.60. The Kier molecular flexibility index (Phi) is 5.04. The van der Waals surface area contributed by atoms with Crippen molar-refractivity contribution < 1.29 is 14.3 Å². The second kappa shape index (κ2) is 7.39. The van der Waals surface area contributed by atoms with E-state index in [0.29, 0.717) is 24.7 Å². The Hall–Kier alpha value is -2.49. The van der Waals surface area contributed by atoms with Crippen LogP contribution in [0.15, 0.2) is 48.5 Å². The number of carbonyl (C=O) groups excluding carboxylic acids is 1. The molecular formula is C20H23NO3. The van der Waals surface area contributed by atoms with Crippen LogP contribution in [0.4, 0.5) is 0 Å². The molecule has 0 unspecified atom stereocenters. The van der Waals surface area contributed by atoms with Crippen molar-refractivity contribution in [3.63, 3.8) is 0 Å². The number of ether oxygens (including phenoxy) is 2. The van der Waals surface area contributed by atoms with Crippen LogP contribution in [0.25, 0.3) is 0 Å². The first-order valence-electron chi connectivity index (χ1n) is 8.39. The van der Waals surface area contributed by atoms with Crippen LogP contribution in [0, 0.1) is 5.92 Å². The maximum atomic E-state index is 12.6. The minimum Gasteiger partial charge on any atom is -0.493 e. The van der Waals surface area contributed by atoms with Gasteiger partial charge in [0.05, 0.1) is 19.3 Å². The van der Waals surface area contributed by atoms with Crippen molar-refractivity contribution in [1.82, 2.24) is 5.32 Å². The highest BCUT2D eigenvalue weighted by molar-refractivity contribution is 5.94. The first kappa shape index (κ1) is 16.4. The zero-order valence-corrected chi connectivity index (χ0v) is 14.1. The molecule has 0 bridgehead atoms. The summed E-state index contributed by atoms with van der Waals surface area (Å²) in [6.45, 7) is 5.44. The Bertz CT molecular complexity index is 712. The summed E-state index contributed by atoms with van der Waals surface area (Å²) < 4.78 is 11.3. The summed E-state index contributed by atoms with van der Waals surface area (Å²) in [5, 5.41) is 3.11. The van der Waals surface area contributed by atoms with Crippen LogP contribution in [0.1, 0.15) is 42.2 Å². The third kappa shape index (κ3) is 3.88. The Balaban J connectivity index is 1.71. The molecule has 0 saturated carbocycles. The fourth-order valence-electron chi connectivity index (χ4n) is 2.72. The minimum absolute atomic E-state index is 0.0253. The van der Waals surface area contributed by atoms with Crippen molar-refractivity contribution in [3.8, 4) is 11.5 Å². The highest BCUT2D eigenvalue weighted by atomic mass is 16.5. The van der Waals surface area contributed by atoms with E-state index < -0.39 is 0 Å². The molecule has 0 radical (unpaired) electrons. The van der Waals surface area contributed by atoms with E-state index in [-0.39, 0.29) is 11.9 Å². The van der Waals surface area contributed by atoms with Gasteiger partial charge in [-0.3, -0.25) is 4.79 Å². The van der Waals surface area contributed by atoms with Gasteiger partial charge in [0, 0.05) is 17.5 Å². The van der Waals surface area contributed by atoms with Crippen molar-refractivity contribution in [2.24, 2.45) is 5.92 Å². The third-order valence-electron chi connectivity index (χ3n) is 3.94. The van der Waals surface area contributed by atoms with Gasteiger partial charge in [0.1, 0.15) is 11.5 Å². The molecule has 3 rings (SSSR count).